The molecule has 0 bridgehead atoms. The summed E-state index contributed by atoms with van der Waals surface area (Å²) in [5.74, 6) is 2.47. The van der Waals surface area contributed by atoms with Gasteiger partial charge in [-0.15, -0.1) is 6.42 Å². The lowest BCUT2D eigenvalue weighted by Gasteiger charge is -2.25. The monoisotopic (exact) mass is 331 g/mol. The molecule has 122 valence electrons. The lowest BCUT2D eigenvalue weighted by atomic mass is 10.1. The van der Waals surface area contributed by atoms with Gasteiger partial charge < -0.3 is 4.90 Å². The van der Waals surface area contributed by atoms with E-state index in [1.165, 1.54) is 10.5 Å². The zero-order chi connectivity index (χ0) is 16.9. The van der Waals surface area contributed by atoms with Crippen LogP contribution in [-0.2, 0) is 14.6 Å². The molecule has 2 rings (SSSR count). The van der Waals surface area contributed by atoms with Crippen LogP contribution in [0.4, 0.5) is 0 Å². The first-order valence-corrected chi connectivity index (χ1v) is 9.40. The van der Waals surface area contributed by atoms with E-state index in [2.05, 4.69) is 5.92 Å². The van der Waals surface area contributed by atoms with E-state index in [1.54, 1.807) is 6.08 Å². The Balaban J connectivity index is 1.98. The van der Waals surface area contributed by atoms with Crippen LogP contribution in [0.5, 0.6) is 0 Å². The minimum atomic E-state index is -3.04. The molecule has 1 atom stereocenters. The summed E-state index contributed by atoms with van der Waals surface area (Å²) in [6.07, 6.45) is 9.69. The lowest BCUT2D eigenvalue weighted by Crippen LogP contribution is -2.41. The fourth-order valence-electron chi connectivity index (χ4n) is 2.63. The van der Waals surface area contributed by atoms with E-state index in [0.717, 1.165) is 5.56 Å². The van der Waals surface area contributed by atoms with Crippen LogP contribution in [-0.4, -0.2) is 43.3 Å². The molecule has 1 aliphatic rings. The molecule has 1 saturated heterocycles. The normalized spacial score (nSPS) is 19.6. The quantitative estimate of drug-likeness (QED) is 0.776. The molecule has 1 aromatic rings. The topological polar surface area (TPSA) is 54.5 Å². The summed E-state index contributed by atoms with van der Waals surface area (Å²) in [7, 11) is -3.04. The molecule has 5 heteroatoms. The molecule has 4 nitrogen and oxygen atoms in total. The number of nitrogens with zero attached hydrogens (tertiary/aromatic N) is 1. The van der Waals surface area contributed by atoms with Crippen molar-refractivity contribution in [2.45, 2.75) is 25.8 Å². The molecule has 1 fully saturated rings. The number of sulfone groups is 1. The van der Waals surface area contributed by atoms with Gasteiger partial charge in [0.2, 0.25) is 5.91 Å². The maximum atomic E-state index is 12.4. The first-order chi connectivity index (χ1) is 10.9. The van der Waals surface area contributed by atoms with E-state index >= 15 is 0 Å². The Kier molecular flexibility index (Phi) is 5.62. The number of hydrogen-bond donors (Lipinski definition) is 0. The maximum Gasteiger partial charge on any atom is 0.227 e. The molecular formula is C18H21NO3S. The van der Waals surface area contributed by atoms with E-state index in [4.69, 9.17) is 6.42 Å². The Morgan fingerprint density at radius 2 is 2.09 bits per heavy atom. The third kappa shape index (κ3) is 4.97. The van der Waals surface area contributed by atoms with Crippen molar-refractivity contribution in [3.63, 3.8) is 0 Å². The van der Waals surface area contributed by atoms with Gasteiger partial charge in [-0.1, -0.05) is 47.9 Å². The predicted octanol–water partition coefficient (Wildman–Crippen LogP) is 2.05. The summed E-state index contributed by atoms with van der Waals surface area (Å²) in [5, 5.41) is 0. The Morgan fingerprint density at radius 1 is 1.39 bits per heavy atom. The van der Waals surface area contributed by atoms with Crippen LogP contribution in [0.25, 0.3) is 6.08 Å². The van der Waals surface area contributed by atoms with Crippen molar-refractivity contribution in [3.8, 4) is 12.3 Å². The highest BCUT2D eigenvalue weighted by Gasteiger charge is 2.33. The lowest BCUT2D eigenvalue weighted by molar-refractivity contribution is -0.131. The third-order valence-corrected chi connectivity index (χ3v) is 5.66. The molecule has 0 spiro atoms. The first-order valence-electron chi connectivity index (χ1n) is 7.58. The van der Waals surface area contributed by atoms with Gasteiger partial charge in [0.25, 0.3) is 0 Å². The fraction of sp³-hybridized carbons (Fsp3) is 0.389. The fourth-order valence-corrected chi connectivity index (χ4v) is 4.36. The zero-order valence-corrected chi connectivity index (χ0v) is 14.1. The number of rotatable bonds is 5. The largest absolute Gasteiger partial charge is 0.327 e. The molecule has 1 heterocycles. The third-order valence-electron chi connectivity index (χ3n) is 3.91. The number of terminal acetylenes is 1. The van der Waals surface area contributed by atoms with Crippen LogP contribution in [0, 0.1) is 19.3 Å². The van der Waals surface area contributed by atoms with Crippen molar-refractivity contribution < 1.29 is 13.2 Å². The van der Waals surface area contributed by atoms with Crippen LogP contribution in [0.3, 0.4) is 0 Å². The zero-order valence-electron chi connectivity index (χ0n) is 13.2. The Labute approximate surface area is 138 Å². The Morgan fingerprint density at radius 3 is 2.65 bits per heavy atom. The molecule has 0 aliphatic carbocycles. The highest BCUT2D eigenvalue weighted by atomic mass is 32.2. The predicted molar refractivity (Wildman–Crippen MR) is 92.4 cm³/mol. The standard InChI is InChI=1S/C18H21NO3S/c1-3-12-19(17-11-13-23(21,22)14-17)18(20)6-4-5-16-9-7-15(2)8-10-16/h1,4-5,7-10,17H,6,11-14H2,2H3/b5-4+. The molecule has 23 heavy (non-hydrogen) atoms. The SMILES string of the molecule is C#CCN(C(=O)C/C=C/c1ccc(C)cc1)C1CCS(=O)(=O)C1. The van der Waals surface area contributed by atoms with Crippen LogP contribution in [0.15, 0.2) is 30.3 Å². The number of aryl methyl sites for hydroxylation is 1. The van der Waals surface area contributed by atoms with E-state index in [9.17, 15) is 13.2 Å². The number of benzene rings is 1. The molecule has 1 aromatic carbocycles. The highest BCUT2D eigenvalue weighted by Crippen LogP contribution is 2.18. The van der Waals surface area contributed by atoms with Crippen molar-refractivity contribution in [1.82, 2.24) is 4.90 Å². The van der Waals surface area contributed by atoms with E-state index in [0.29, 0.717) is 6.42 Å². The van der Waals surface area contributed by atoms with Crippen LogP contribution < -0.4 is 0 Å². The van der Waals surface area contributed by atoms with E-state index < -0.39 is 9.84 Å². The van der Waals surface area contributed by atoms with Crippen LogP contribution in [0.1, 0.15) is 24.0 Å². The second-order valence-electron chi connectivity index (χ2n) is 5.80. The summed E-state index contributed by atoms with van der Waals surface area (Å²) < 4.78 is 23.2. The number of hydrogen-bond acceptors (Lipinski definition) is 3. The van der Waals surface area contributed by atoms with Crippen LogP contribution in [0.2, 0.25) is 0 Å². The van der Waals surface area contributed by atoms with Gasteiger partial charge in [0.15, 0.2) is 9.84 Å². The maximum absolute atomic E-state index is 12.4. The Hall–Kier alpha value is -2.06. The molecule has 1 amide bonds. The van der Waals surface area contributed by atoms with E-state index in [-0.39, 0.29) is 36.4 Å². The van der Waals surface area contributed by atoms with Crippen molar-refractivity contribution in [1.29, 1.82) is 0 Å². The second kappa shape index (κ2) is 7.47. The van der Waals surface area contributed by atoms with Gasteiger partial charge in [-0.05, 0) is 18.9 Å². The number of carbonyl (C=O) groups is 1. The molecule has 0 saturated carbocycles. The van der Waals surface area contributed by atoms with E-state index in [1.807, 2.05) is 37.3 Å². The van der Waals surface area contributed by atoms with Gasteiger partial charge in [-0.3, -0.25) is 4.79 Å². The average molecular weight is 331 g/mol. The van der Waals surface area contributed by atoms with Gasteiger partial charge in [0, 0.05) is 12.5 Å². The summed E-state index contributed by atoms with van der Waals surface area (Å²) in [5.41, 5.74) is 2.20. The average Bonchev–Trinajstić information content (AvgIpc) is 2.86. The smallest absolute Gasteiger partial charge is 0.227 e. The van der Waals surface area contributed by atoms with Gasteiger partial charge in [0.1, 0.15) is 0 Å². The number of carbonyl (C=O) groups excluding carboxylic acids is 1. The molecular weight excluding hydrogens is 310 g/mol. The Bertz CT molecular complexity index is 727. The minimum Gasteiger partial charge on any atom is -0.327 e. The van der Waals surface area contributed by atoms with Gasteiger partial charge in [-0.2, -0.15) is 0 Å². The molecule has 0 N–H and O–H groups in total. The molecule has 0 radical (unpaired) electrons. The molecule has 1 unspecified atom stereocenters. The second-order valence-corrected chi connectivity index (χ2v) is 8.03. The highest BCUT2D eigenvalue weighted by molar-refractivity contribution is 7.91. The van der Waals surface area contributed by atoms with Crippen molar-refractivity contribution in [3.05, 3.63) is 41.5 Å². The van der Waals surface area contributed by atoms with Gasteiger partial charge in [0.05, 0.1) is 18.1 Å². The van der Waals surface area contributed by atoms with Crippen molar-refractivity contribution in [2.24, 2.45) is 0 Å². The first kappa shape index (κ1) is 17.3. The van der Waals surface area contributed by atoms with Crippen LogP contribution >= 0.6 is 0 Å². The minimum absolute atomic E-state index is 0.0160. The number of amides is 1. The van der Waals surface area contributed by atoms with Gasteiger partial charge in [-0.25, -0.2) is 8.42 Å². The van der Waals surface area contributed by atoms with Gasteiger partial charge >= 0.3 is 0 Å². The summed E-state index contributed by atoms with van der Waals surface area (Å²) in [6.45, 7) is 2.17. The van der Waals surface area contributed by atoms with Crippen molar-refractivity contribution in [2.75, 3.05) is 18.1 Å². The van der Waals surface area contributed by atoms with Crippen molar-refractivity contribution >= 4 is 21.8 Å². The molecule has 0 aromatic heterocycles. The summed E-state index contributed by atoms with van der Waals surface area (Å²) in [6, 6.07) is 7.69. The summed E-state index contributed by atoms with van der Waals surface area (Å²) in [4.78, 5) is 13.9. The summed E-state index contributed by atoms with van der Waals surface area (Å²) >= 11 is 0. The molecule has 1 aliphatic heterocycles.